The topological polar surface area (TPSA) is 106 Å². The average Bonchev–Trinajstić information content (AvgIpc) is 3.20. The predicted octanol–water partition coefficient (Wildman–Crippen LogP) is 2.68. The lowest BCUT2D eigenvalue weighted by Crippen LogP contribution is -2.54. The SMILES string of the molecule is CC(=O)NCc1ccc(-c2nc(NC(=O)C3(N)CCOCC3)sc2C)s1.Cl. The predicted molar refractivity (Wildman–Crippen MR) is 111 cm³/mol. The van der Waals surface area contributed by atoms with Crippen LogP contribution in [0.1, 0.15) is 29.5 Å². The van der Waals surface area contributed by atoms with Gasteiger partial charge >= 0.3 is 0 Å². The fourth-order valence-electron chi connectivity index (χ4n) is 2.67. The summed E-state index contributed by atoms with van der Waals surface area (Å²) in [6.07, 6.45) is 1.01. The second kappa shape index (κ2) is 9.11. The first kappa shape index (κ1) is 21.8. The highest BCUT2D eigenvalue weighted by Crippen LogP contribution is 2.35. The molecule has 10 heteroatoms. The number of nitrogens with two attached hydrogens (primary N) is 1. The fourth-order valence-corrected chi connectivity index (χ4v) is 4.56. The van der Waals surface area contributed by atoms with Crippen LogP contribution in [0.2, 0.25) is 0 Å². The maximum Gasteiger partial charge on any atom is 0.246 e. The van der Waals surface area contributed by atoms with Crippen LogP contribution in [0.4, 0.5) is 5.13 Å². The van der Waals surface area contributed by atoms with Gasteiger partial charge in [-0.2, -0.15) is 0 Å². The van der Waals surface area contributed by atoms with Crippen molar-refractivity contribution in [2.24, 2.45) is 5.73 Å². The number of aromatic nitrogens is 1. The van der Waals surface area contributed by atoms with Gasteiger partial charge in [0.15, 0.2) is 5.13 Å². The van der Waals surface area contributed by atoms with Gasteiger partial charge in [0.05, 0.1) is 17.1 Å². The van der Waals surface area contributed by atoms with Crippen molar-refractivity contribution in [3.63, 3.8) is 0 Å². The average molecular weight is 431 g/mol. The first-order valence-electron chi connectivity index (χ1n) is 8.36. The Hall–Kier alpha value is -1.52. The molecule has 7 nitrogen and oxygen atoms in total. The molecular formula is C17H23ClN4O3S2. The van der Waals surface area contributed by atoms with Gasteiger partial charge in [-0.1, -0.05) is 0 Å². The zero-order valence-electron chi connectivity index (χ0n) is 15.2. The van der Waals surface area contributed by atoms with E-state index in [9.17, 15) is 9.59 Å². The maximum absolute atomic E-state index is 12.5. The largest absolute Gasteiger partial charge is 0.381 e. The molecule has 1 fully saturated rings. The van der Waals surface area contributed by atoms with Crippen molar-refractivity contribution < 1.29 is 14.3 Å². The smallest absolute Gasteiger partial charge is 0.246 e. The number of thiazole rings is 1. The number of hydrogen-bond acceptors (Lipinski definition) is 7. The van der Waals surface area contributed by atoms with E-state index in [0.29, 0.717) is 37.7 Å². The molecule has 0 unspecified atom stereocenters. The number of anilines is 1. The van der Waals surface area contributed by atoms with Crippen LogP contribution < -0.4 is 16.4 Å². The highest BCUT2D eigenvalue weighted by molar-refractivity contribution is 7.18. The van der Waals surface area contributed by atoms with Gasteiger partial charge in [-0.15, -0.1) is 35.1 Å². The molecule has 0 aromatic carbocycles. The van der Waals surface area contributed by atoms with Crippen LogP contribution in [-0.4, -0.2) is 35.6 Å². The minimum absolute atomic E-state index is 0. The normalized spacial score (nSPS) is 15.7. The Balaban J connectivity index is 0.00000261. The van der Waals surface area contributed by atoms with E-state index in [2.05, 4.69) is 15.6 Å². The van der Waals surface area contributed by atoms with Crippen molar-refractivity contribution in [2.75, 3.05) is 18.5 Å². The zero-order chi connectivity index (χ0) is 18.7. The monoisotopic (exact) mass is 430 g/mol. The number of hydrogen-bond donors (Lipinski definition) is 3. The summed E-state index contributed by atoms with van der Waals surface area (Å²) in [5.74, 6) is -0.266. The van der Waals surface area contributed by atoms with Gasteiger partial charge in [-0.25, -0.2) is 4.98 Å². The minimum Gasteiger partial charge on any atom is -0.381 e. The van der Waals surface area contributed by atoms with Crippen molar-refractivity contribution in [1.82, 2.24) is 10.3 Å². The highest BCUT2D eigenvalue weighted by atomic mass is 35.5. The number of aryl methyl sites for hydroxylation is 1. The first-order valence-corrected chi connectivity index (χ1v) is 10.00. The van der Waals surface area contributed by atoms with Gasteiger partial charge in [-0.3, -0.25) is 9.59 Å². The lowest BCUT2D eigenvalue weighted by Gasteiger charge is -2.31. The third-order valence-electron chi connectivity index (χ3n) is 4.26. The molecule has 0 bridgehead atoms. The molecule has 1 aliphatic heterocycles. The molecule has 1 saturated heterocycles. The van der Waals surface area contributed by atoms with Gasteiger partial charge in [0, 0.05) is 29.9 Å². The number of thiophene rings is 1. The van der Waals surface area contributed by atoms with E-state index < -0.39 is 5.54 Å². The van der Waals surface area contributed by atoms with E-state index in [-0.39, 0.29) is 24.2 Å². The molecule has 4 N–H and O–H groups in total. The van der Waals surface area contributed by atoms with E-state index in [0.717, 1.165) is 20.3 Å². The number of nitrogens with zero attached hydrogens (tertiary/aromatic N) is 1. The number of rotatable bonds is 5. The molecule has 0 radical (unpaired) electrons. The molecule has 2 aromatic heterocycles. The number of amides is 2. The van der Waals surface area contributed by atoms with E-state index in [1.165, 1.54) is 18.3 Å². The lowest BCUT2D eigenvalue weighted by molar-refractivity contribution is -0.124. The number of halogens is 1. The van der Waals surface area contributed by atoms with E-state index >= 15 is 0 Å². The first-order chi connectivity index (χ1) is 12.4. The summed E-state index contributed by atoms with van der Waals surface area (Å²) < 4.78 is 5.29. The van der Waals surface area contributed by atoms with Crippen LogP contribution >= 0.6 is 35.1 Å². The van der Waals surface area contributed by atoms with Crippen LogP contribution in [0.25, 0.3) is 10.6 Å². The Labute approximate surface area is 172 Å². The molecule has 0 atom stereocenters. The molecule has 2 amide bonds. The second-order valence-electron chi connectivity index (χ2n) is 6.32. The fraction of sp³-hybridized carbons (Fsp3) is 0.471. The van der Waals surface area contributed by atoms with E-state index in [1.807, 2.05) is 19.1 Å². The molecule has 2 aromatic rings. The van der Waals surface area contributed by atoms with Crippen LogP contribution in [0.15, 0.2) is 12.1 Å². The molecule has 27 heavy (non-hydrogen) atoms. The Morgan fingerprint density at radius 3 is 2.67 bits per heavy atom. The van der Waals surface area contributed by atoms with Crippen molar-refractivity contribution in [1.29, 1.82) is 0 Å². The van der Waals surface area contributed by atoms with Crippen LogP contribution in [0, 0.1) is 6.92 Å². The van der Waals surface area contributed by atoms with Crippen LogP contribution in [0.3, 0.4) is 0 Å². The van der Waals surface area contributed by atoms with Gasteiger partial charge in [0.1, 0.15) is 5.54 Å². The quantitative estimate of drug-likeness (QED) is 0.676. The number of carbonyl (C=O) groups is 2. The number of carbonyl (C=O) groups excluding carboxylic acids is 2. The summed E-state index contributed by atoms with van der Waals surface area (Å²) in [5, 5.41) is 6.20. The molecule has 3 rings (SSSR count). The lowest BCUT2D eigenvalue weighted by atomic mass is 9.90. The summed E-state index contributed by atoms with van der Waals surface area (Å²) in [6.45, 7) is 4.97. The van der Waals surface area contributed by atoms with Crippen molar-refractivity contribution in [2.45, 2.75) is 38.8 Å². The number of ether oxygens (including phenoxy) is 1. The molecular weight excluding hydrogens is 408 g/mol. The van der Waals surface area contributed by atoms with Gasteiger partial charge < -0.3 is 21.1 Å². The van der Waals surface area contributed by atoms with Crippen molar-refractivity contribution in [3.05, 3.63) is 21.9 Å². The molecule has 0 spiro atoms. The third-order valence-corrected chi connectivity index (χ3v) is 6.24. The summed E-state index contributed by atoms with van der Waals surface area (Å²) in [7, 11) is 0. The van der Waals surface area contributed by atoms with Crippen LogP contribution in [-0.2, 0) is 20.9 Å². The van der Waals surface area contributed by atoms with Crippen LogP contribution in [0.5, 0.6) is 0 Å². The summed E-state index contributed by atoms with van der Waals surface area (Å²) in [6, 6.07) is 3.96. The van der Waals surface area contributed by atoms with E-state index in [4.69, 9.17) is 10.5 Å². The molecule has 0 saturated carbocycles. The van der Waals surface area contributed by atoms with Gasteiger partial charge in [0.2, 0.25) is 11.8 Å². The molecule has 1 aliphatic rings. The molecule has 0 aliphatic carbocycles. The molecule has 3 heterocycles. The molecule has 148 valence electrons. The third kappa shape index (κ3) is 5.26. The van der Waals surface area contributed by atoms with Crippen molar-refractivity contribution >= 4 is 52.0 Å². The zero-order valence-corrected chi connectivity index (χ0v) is 17.6. The Kier molecular flexibility index (Phi) is 7.35. The number of nitrogens with one attached hydrogen (secondary N) is 2. The Morgan fingerprint density at radius 1 is 1.30 bits per heavy atom. The Bertz CT molecular complexity index is 815. The second-order valence-corrected chi connectivity index (χ2v) is 8.69. The summed E-state index contributed by atoms with van der Waals surface area (Å²) >= 11 is 3.01. The highest BCUT2D eigenvalue weighted by Gasteiger charge is 2.36. The van der Waals surface area contributed by atoms with E-state index in [1.54, 1.807) is 11.3 Å². The Morgan fingerprint density at radius 2 is 2.00 bits per heavy atom. The summed E-state index contributed by atoms with van der Waals surface area (Å²) in [4.78, 5) is 31.2. The minimum atomic E-state index is -0.896. The standard InChI is InChI=1S/C17H22N4O3S2.ClH/c1-10-14(13-4-3-12(26-13)9-19-11(2)22)20-16(25-10)21-15(23)17(18)5-7-24-8-6-17;/h3-4H,5-9,18H2,1-2H3,(H,19,22)(H,20,21,23);1H. The van der Waals surface area contributed by atoms with Crippen molar-refractivity contribution in [3.8, 4) is 10.6 Å². The van der Waals surface area contributed by atoms with Gasteiger partial charge in [0.25, 0.3) is 0 Å². The maximum atomic E-state index is 12.5. The summed E-state index contributed by atoms with van der Waals surface area (Å²) in [5.41, 5.74) is 6.17. The van der Waals surface area contributed by atoms with Gasteiger partial charge in [-0.05, 0) is 31.9 Å².